The maximum Gasteiger partial charge on any atom is 0.249 e. The van der Waals surface area contributed by atoms with E-state index in [0.29, 0.717) is 18.1 Å². The first kappa shape index (κ1) is 15.3. The molecule has 1 amide bonds. The van der Waals surface area contributed by atoms with Gasteiger partial charge in [0.25, 0.3) is 0 Å². The lowest BCUT2D eigenvalue weighted by atomic mass is 10.2. The Bertz CT molecular complexity index is 822. The number of aromatic nitrogens is 2. The third kappa shape index (κ3) is 3.98. The first-order valence-corrected chi connectivity index (χ1v) is 7.79. The molecule has 116 valence electrons. The molecule has 23 heavy (non-hydrogen) atoms. The van der Waals surface area contributed by atoms with Crippen molar-refractivity contribution in [1.29, 1.82) is 0 Å². The second-order valence-electron chi connectivity index (χ2n) is 4.80. The Labute approximate surface area is 141 Å². The number of carbonyl (C=O) groups is 1. The van der Waals surface area contributed by atoms with Crippen LogP contribution in [0.4, 0.5) is 5.82 Å². The van der Waals surface area contributed by atoms with Crippen molar-refractivity contribution < 1.29 is 9.21 Å². The average molecular weight is 372 g/mol. The number of carbonyl (C=O) groups excluding carboxylic acids is 1. The molecule has 0 radical (unpaired) electrons. The van der Waals surface area contributed by atoms with E-state index in [1.165, 1.54) is 6.08 Å². The molecule has 2 aromatic heterocycles. The summed E-state index contributed by atoms with van der Waals surface area (Å²) in [5.41, 5.74) is 1.08. The molecule has 3 aromatic rings. The number of nitrogens with one attached hydrogen (secondary N) is 1. The van der Waals surface area contributed by atoms with Gasteiger partial charge in [-0.05, 0) is 29.8 Å². The molecule has 1 N–H and O–H groups in total. The van der Waals surface area contributed by atoms with Gasteiger partial charge >= 0.3 is 0 Å². The maximum atomic E-state index is 12.0. The number of nitrogens with zero attached hydrogens (tertiary/aromatic N) is 2. The monoisotopic (exact) mass is 371 g/mol. The lowest BCUT2D eigenvalue weighted by Crippen LogP contribution is -2.13. The molecule has 0 aliphatic rings. The van der Waals surface area contributed by atoms with Crippen molar-refractivity contribution in [3.05, 3.63) is 76.8 Å². The Balaban J connectivity index is 1.69. The summed E-state index contributed by atoms with van der Waals surface area (Å²) in [5.74, 6) is 1.02. The van der Waals surface area contributed by atoms with E-state index in [0.717, 1.165) is 10.0 Å². The summed E-state index contributed by atoms with van der Waals surface area (Å²) in [6.45, 7) is 0.561. The standard InChI is InChI=1S/C17H14BrN3O2/c18-15-6-2-1-4-13(15)12-21-16(9-10-19-21)20-17(22)8-7-14-5-3-11-23-14/h1-11H,12H2,(H,20,22)/b8-7+. The number of amides is 1. The number of anilines is 1. The SMILES string of the molecule is O=C(/C=C/c1ccco1)Nc1ccnn1Cc1ccccc1Br. The molecule has 0 bridgehead atoms. The molecular weight excluding hydrogens is 358 g/mol. The van der Waals surface area contributed by atoms with Crippen LogP contribution in [0, 0.1) is 0 Å². The molecule has 6 heteroatoms. The molecule has 0 spiro atoms. The summed E-state index contributed by atoms with van der Waals surface area (Å²) in [5, 5.41) is 7.06. The van der Waals surface area contributed by atoms with Crippen LogP contribution in [-0.2, 0) is 11.3 Å². The quantitative estimate of drug-likeness (QED) is 0.691. The van der Waals surface area contributed by atoms with Crippen LogP contribution >= 0.6 is 15.9 Å². The molecule has 0 aliphatic carbocycles. The summed E-state index contributed by atoms with van der Waals surface area (Å²) in [7, 11) is 0. The zero-order valence-electron chi connectivity index (χ0n) is 12.1. The topological polar surface area (TPSA) is 60.1 Å². The van der Waals surface area contributed by atoms with Crippen LogP contribution in [0.5, 0.6) is 0 Å². The van der Waals surface area contributed by atoms with Crippen molar-refractivity contribution in [2.45, 2.75) is 6.54 Å². The minimum absolute atomic E-state index is 0.240. The van der Waals surface area contributed by atoms with Crippen LogP contribution in [0.1, 0.15) is 11.3 Å². The highest BCUT2D eigenvalue weighted by molar-refractivity contribution is 9.10. The molecule has 0 saturated heterocycles. The molecule has 0 aliphatic heterocycles. The number of benzene rings is 1. The normalized spacial score (nSPS) is 11.0. The fraction of sp³-hybridized carbons (Fsp3) is 0.0588. The van der Waals surface area contributed by atoms with E-state index in [4.69, 9.17) is 4.42 Å². The Morgan fingerprint density at radius 1 is 1.26 bits per heavy atom. The average Bonchev–Trinajstić information content (AvgIpc) is 3.20. The lowest BCUT2D eigenvalue weighted by molar-refractivity contribution is -0.111. The van der Waals surface area contributed by atoms with Gasteiger partial charge in [-0.1, -0.05) is 34.1 Å². The number of hydrogen-bond donors (Lipinski definition) is 1. The van der Waals surface area contributed by atoms with E-state index in [1.54, 1.807) is 41.4 Å². The highest BCUT2D eigenvalue weighted by atomic mass is 79.9. The van der Waals surface area contributed by atoms with Gasteiger partial charge in [0.05, 0.1) is 19.0 Å². The van der Waals surface area contributed by atoms with Crippen molar-refractivity contribution >= 4 is 33.7 Å². The highest BCUT2D eigenvalue weighted by Gasteiger charge is 2.07. The second kappa shape index (κ2) is 7.11. The molecule has 0 fully saturated rings. The van der Waals surface area contributed by atoms with Crippen LogP contribution in [-0.4, -0.2) is 15.7 Å². The van der Waals surface area contributed by atoms with Crippen molar-refractivity contribution in [3.8, 4) is 0 Å². The van der Waals surface area contributed by atoms with Crippen LogP contribution in [0.25, 0.3) is 6.08 Å². The van der Waals surface area contributed by atoms with Crippen LogP contribution < -0.4 is 5.32 Å². The molecule has 2 heterocycles. The number of halogens is 1. The molecule has 0 saturated carbocycles. The third-order valence-electron chi connectivity index (χ3n) is 3.19. The lowest BCUT2D eigenvalue weighted by Gasteiger charge is -2.09. The molecule has 0 unspecified atom stereocenters. The first-order valence-electron chi connectivity index (χ1n) is 7.00. The fourth-order valence-electron chi connectivity index (χ4n) is 2.06. The van der Waals surface area contributed by atoms with Gasteiger partial charge in [-0.2, -0.15) is 5.10 Å². The smallest absolute Gasteiger partial charge is 0.249 e. The Morgan fingerprint density at radius 2 is 2.13 bits per heavy atom. The minimum Gasteiger partial charge on any atom is -0.465 e. The molecule has 3 rings (SSSR count). The van der Waals surface area contributed by atoms with Gasteiger partial charge in [0.2, 0.25) is 5.91 Å². The van der Waals surface area contributed by atoms with E-state index < -0.39 is 0 Å². The van der Waals surface area contributed by atoms with Crippen LogP contribution in [0.15, 0.2) is 69.9 Å². The molecule has 1 aromatic carbocycles. The first-order chi connectivity index (χ1) is 11.2. The number of hydrogen-bond acceptors (Lipinski definition) is 3. The van der Waals surface area contributed by atoms with E-state index in [2.05, 4.69) is 26.3 Å². The van der Waals surface area contributed by atoms with E-state index in [9.17, 15) is 4.79 Å². The summed E-state index contributed by atoms with van der Waals surface area (Å²) >= 11 is 3.51. The molecule has 0 atom stereocenters. The van der Waals surface area contributed by atoms with Gasteiger partial charge in [-0.25, -0.2) is 4.68 Å². The Hall–Kier alpha value is -2.60. The number of furan rings is 1. The van der Waals surface area contributed by atoms with Gasteiger partial charge in [-0.3, -0.25) is 4.79 Å². The number of rotatable bonds is 5. The predicted molar refractivity (Wildman–Crippen MR) is 91.8 cm³/mol. The van der Waals surface area contributed by atoms with Gasteiger partial charge < -0.3 is 9.73 Å². The fourth-order valence-corrected chi connectivity index (χ4v) is 2.47. The van der Waals surface area contributed by atoms with Crippen molar-refractivity contribution in [3.63, 3.8) is 0 Å². The predicted octanol–water partition coefficient (Wildman–Crippen LogP) is 3.94. The van der Waals surface area contributed by atoms with Crippen molar-refractivity contribution in [2.24, 2.45) is 0 Å². The zero-order valence-corrected chi connectivity index (χ0v) is 13.7. The summed E-state index contributed by atoms with van der Waals surface area (Å²) < 4.78 is 7.89. The largest absolute Gasteiger partial charge is 0.465 e. The maximum absolute atomic E-state index is 12.0. The van der Waals surface area contributed by atoms with Gasteiger partial charge in [0.15, 0.2) is 0 Å². The zero-order chi connectivity index (χ0) is 16.1. The minimum atomic E-state index is -0.240. The van der Waals surface area contributed by atoms with Gasteiger partial charge in [0, 0.05) is 16.6 Å². The van der Waals surface area contributed by atoms with Crippen molar-refractivity contribution in [2.75, 3.05) is 5.32 Å². The van der Waals surface area contributed by atoms with Crippen LogP contribution in [0.2, 0.25) is 0 Å². The molecular formula is C17H14BrN3O2. The third-order valence-corrected chi connectivity index (χ3v) is 3.96. The van der Waals surface area contributed by atoms with Crippen molar-refractivity contribution in [1.82, 2.24) is 9.78 Å². The Kier molecular flexibility index (Phi) is 4.73. The summed E-state index contributed by atoms with van der Waals surface area (Å²) in [6.07, 6.45) is 6.26. The van der Waals surface area contributed by atoms with Gasteiger partial charge in [0.1, 0.15) is 11.6 Å². The van der Waals surface area contributed by atoms with Gasteiger partial charge in [-0.15, -0.1) is 0 Å². The van der Waals surface area contributed by atoms with E-state index in [-0.39, 0.29) is 5.91 Å². The van der Waals surface area contributed by atoms with E-state index in [1.807, 2.05) is 24.3 Å². The van der Waals surface area contributed by atoms with Crippen LogP contribution in [0.3, 0.4) is 0 Å². The highest BCUT2D eigenvalue weighted by Crippen LogP contribution is 2.18. The Morgan fingerprint density at radius 3 is 2.91 bits per heavy atom. The summed E-state index contributed by atoms with van der Waals surface area (Å²) in [4.78, 5) is 12.0. The van der Waals surface area contributed by atoms with E-state index >= 15 is 0 Å². The second-order valence-corrected chi connectivity index (χ2v) is 5.66. The summed E-state index contributed by atoms with van der Waals surface area (Å²) in [6, 6.07) is 13.2. The molecule has 5 nitrogen and oxygen atoms in total.